The zero-order chi connectivity index (χ0) is 14.7. The summed E-state index contributed by atoms with van der Waals surface area (Å²) in [6.07, 6.45) is 2.66. The molecule has 3 nitrogen and oxygen atoms in total. The second-order valence-corrected chi connectivity index (χ2v) is 5.75. The van der Waals surface area contributed by atoms with Crippen molar-refractivity contribution in [1.82, 2.24) is 10.2 Å². The van der Waals surface area contributed by atoms with Gasteiger partial charge in [-0.25, -0.2) is 0 Å². The normalized spacial score (nSPS) is 14.4. The molecule has 0 bridgehead atoms. The maximum absolute atomic E-state index is 12.2. The van der Waals surface area contributed by atoms with Crippen LogP contribution in [-0.2, 0) is 11.2 Å². The quantitative estimate of drug-likeness (QED) is 0.865. The molecule has 21 heavy (non-hydrogen) atoms. The molecule has 108 valence electrons. The predicted molar refractivity (Wildman–Crippen MR) is 89.2 cm³/mol. The molecule has 2 aromatic carbocycles. The van der Waals surface area contributed by atoms with E-state index in [1.54, 1.807) is 0 Å². The summed E-state index contributed by atoms with van der Waals surface area (Å²) >= 11 is 5.30. The monoisotopic (exact) mass is 298 g/mol. The van der Waals surface area contributed by atoms with Crippen LogP contribution < -0.4 is 5.32 Å². The van der Waals surface area contributed by atoms with Gasteiger partial charge in [-0.3, -0.25) is 4.79 Å². The zero-order valence-corrected chi connectivity index (χ0v) is 12.7. The first kappa shape index (κ1) is 14.0. The lowest BCUT2D eigenvalue weighted by atomic mass is 10.0. The van der Waals surface area contributed by atoms with Crippen molar-refractivity contribution in [2.75, 3.05) is 13.1 Å². The highest BCUT2D eigenvalue weighted by molar-refractivity contribution is 7.80. The largest absolute Gasteiger partial charge is 0.349 e. The maximum atomic E-state index is 12.2. The zero-order valence-electron chi connectivity index (χ0n) is 11.8. The molecular weight excluding hydrogens is 280 g/mol. The fraction of sp³-hybridized carbons (Fsp3) is 0.294. The number of carbonyl (C=O) groups is 1. The number of nitrogens with zero attached hydrogens (tertiary/aromatic N) is 1. The van der Waals surface area contributed by atoms with Crippen LogP contribution in [0.15, 0.2) is 42.5 Å². The van der Waals surface area contributed by atoms with E-state index in [2.05, 4.69) is 28.4 Å². The fourth-order valence-electron chi connectivity index (χ4n) is 2.78. The third-order valence-corrected chi connectivity index (χ3v) is 4.23. The summed E-state index contributed by atoms with van der Waals surface area (Å²) in [5.74, 6) is -0.0387. The Morgan fingerprint density at radius 1 is 1.10 bits per heavy atom. The third kappa shape index (κ3) is 3.22. The molecule has 0 unspecified atom stereocenters. The number of benzene rings is 2. The lowest BCUT2D eigenvalue weighted by Gasteiger charge is -2.18. The van der Waals surface area contributed by atoms with Crippen LogP contribution in [0.25, 0.3) is 10.8 Å². The van der Waals surface area contributed by atoms with E-state index in [1.807, 2.05) is 24.3 Å². The van der Waals surface area contributed by atoms with Gasteiger partial charge < -0.3 is 10.2 Å². The van der Waals surface area contributed by atoms with E-state index in [4.69, 9.17) is 12.2 Å². The van der Waals surface area contributed by atoms with Gasteiger partial charge in [0.15, 0.2) is 5.11 Å². The van der Waals surface area contributed by atoms with Gasteiger partial charge >= 0.3 is 0 Å². The molecule has 3 rings (SSSR count). The number of fused-ring (bicyclic) bond motifs is 1. The first-order valence-electron chi connectivity index (χ1n) is 7.29. The van der Waals surface area contributed by atoms with Crippen molar-refractivity contribution < 1.29 is 4.79 Å². The van der Waals surface area contributed by atoms with Gasteiger partial charge in [-0.2, -0.15) is 0 Å². The molecule has 4 heteroatoms. The molecule has 1 saturated heterocycles. The summed E-state index contributed by atoms with van der Waals surface area (Å²) in [5.41, 5.74) is 1.04. The molecule has 1 heterocycles. The first-order chi connectivity index (χ1) is 10.2. The average molecular weight is 298 g/mol. The Labute approximate surface area is 129 Å². The van der Waals surface area contributed by atoms with E-state index >= 15 is 0 Å². The number of thiocarbonyl (C=S) groups is 1. The third-order valence-electron chi connectivity index (χ3n) is 3.87. The summed E-state index contributed by atoms with van der Waals surface area (Å²) in [7, 11) is 0. The molecule has 0 aromatic heterocycles. The SMILES string of the molecule is O=C(Cc1cccc2ccccc12)NC(=S)N1CCCC1. The molecule has 0 aliphatic carbocycles. The number of nitrogens with one attached hydrogen (secondary N) is 1. The summed E-state index contributed by atoms with van der Waals surface area (Å²) in [5, 5.41) is 5.71. The van der Waals surface area contributed by atoms with E-state index < -0.39 is 0 Å². The van der Waals surface area contributed by atoms with Crippen LogP contribution in [0.5, 0.6) is 0 Å². The Kier molecular flexibility index (Phi) is 4.15. The van der Waals surface area contributed by atoms with Gasteiger partial charge in [-0.15, -0.1) is 0 Å². The van der Waals surface area contributed by atoms with Gasteiger partial charge in [0.1, 0.15) is 0 Å². The lowest BCUT2D eigenvalue weighted by Crippen LogP contribution is -2.41. The fourth-order valence-corrected chi connectivity index (χ4v) is 3.08. The molecule has 0 radical (unpaired) electrons. The van der Waals surface area contributed by atoms with Crippen molar-refractivity contribution in [2.45, 2.75) is 19.3 Å². The van der Waals surface area contributed by atoms with Crippen molar-refractivity contribution in [2.24, 2.45) is 0 Å². The van der Waals surface area contributed by atoms with E-state index in [-0.39, 0.29) is 5.91 Å². The number of likely N-dealkylation sites (tertiary alicyclic amines) is 1. The maximum Gasteiger partial charge on any atom is 0.230 e. The molecular formula is C17H18N2OS. The summed E-state index contributed by atoms with van der Waals surface area (Å²) < 4.78 is 0. The minimum absolute atomic E-state index is 0.0387. The highest BCUT2D eigenvalue weighted by atomic mass is 32.1. The minimum atomic E-state index is -0.0387. The summed E-state index contributed by atoms with van der Waals surface area (Å²) in [6, 6.07) is 14.2. The Morgan fingerprint density at radius 3 is 2.62 bits per heavy atom. The number of amides is 1. The molecule has 1 fully saturated rings. The Morgan fingerprint density at radius 2 is 1.81 bits per heavy atom. The van der Waals surface area contributed by atoms with Crippen molar-refractivity contribution in [1.29, 1.82) is 0 Å². The number of hydrogen-bond donors (Lipinski definition) is 1. The second-order valence-electron chi connectivity index (χ2n) is 5.36. The van der Waals surface area contributed by atoms with Crippen molar-refractivity contribution in [3.8, 4) is 0 Å². The molecule has 1 amide bonds. The Balaban J connectivity index is 1.70. The minimum Gasteiger partial charge on any atom is -0.349 e. The van der Waals surface area contributed by atoms with Crippen molar-refractivity contribution in [3.05, 3.63) is 48.0 Å². The van der Waals surface area contributed by atoms with Crippen LogP contribution in [0, 0.1) is 0 Å². The second kappa shape index (κ2) is 6.22. The average Bonchev–Trinajstić information content (AvgIpc) is 3.02. The Hall–Kier alpha value is -1.94. The molecule has 1 aliphatic rings. The molecule has 0 spiro atoms. The van der Waals surface area contributed by atoms with Gasteiger partial charge in [-0.05, 0) is 41.4 Å². The molecule has 0 saturated carbocycles. The molecule has 1 aliphatic heterocycles. The van der Waals surface area contributed by atoms with Gasteiger partial charge in [0.25, 0.3) is 0 Å². The van der Waals surface area contributed by atoms with Gasteiger partial charge in [0.2, 0.25) is 5.91 Å². The van der Waals surface area contributed by atoms with Gasteiger partial charge in [0.05, 0.1) is 6.42 Å². The molecule has 0 atom stereocenters. The first-order valence-corrected chi connectivity index (χ1v) is 7.70. The summed E-state index contributed by atoms with van der Waals surface area (Å²) in [4.78, 5) is 14.3. The highest BCUT2D eigenvalue weighted by Gasteiger charge is 2.17. The van der Waals surface area contributed by atoms with Crippen LogP contribution in [0.3, 0.4) is 0 Å². The van der Waals surface area contributed by atoms with Crippen molar-refractivity contribution >= 4 is 34.0 Å². The van der Waals surface area contributed by atoms with Crippen LogP contribution in [0.1, 0.15) is 18.4 Å². The van der Waals surface area contributed by atoms with Gasteiger partial charge in [0, 0.05) is 13.1 Å². The van der Waals surface area contributed by atoms with Crippen LogP contribution in [0.2, 0.25) is 0 Å². The Bertz CT molecular complexity index is 672. The van der Waals surface area contributed by atoms with E-state index in [0.717, 1.165) is 42.3 Å². The highest BCUT2D eigenvalue weighted by Crippen LogP contribution is 2.18. The topological polar surface area (TPSA) is 32.3 Å². The molecule has 1 N–H and O–H groups in total. The standard InChI is InChI=1S/C17H18N2OS/c20-16(18-17(21)19-10-3-4-11-19)12-14-8-5-7-13-6-1-2-9-15(13)14/h1-2,5-9H,3-4,10-12H2,(H,18,20,21). The number of rotatable bonds is 2. The van der Waals surface area contributed by atoms with Crippen LogP contribution in [0.4, 0.5) is 0 Å². The van der Waals surface area contributed by atoms with Crippen molar-refractivity contribution in [3.63, 3.8) is 0 Å². The summed E-state index contributed by atoms with van der Waals surface area (Å²) in [6.45, 7) is 1.90. The van der Waals surface area contributed by atoms with E-state index in [1.165, 1.54) is 0 Å². The van der Waals surface area contributed by atoms with Crippen LogP contribution >= 0.6 is 12.2 Å². The lowest BCUT2D eigenvalue weighted by molar-refractivity contribution is -0.119. The molecule has 2 aromatic rings. The number of hydrogen-bond acceptors (Lipinski definition) is 2. The van der Waals surface area contributed by atoms with Crippen LogP contribution in [-0.4, -0.2) is 29.0 Å². The number of carbonyl (C=O) groups excluding carboxylic acids is 1. The van der Waals surface area contributed by atoms with Gasteiger partial charge in [-0.1, -0.05) is 42.5 Å². The predicted octanol–water partition coefficient (Wildman–Crippen LogP) is 2.88. The smallest absolute Gasteiger partial charge is 0.230 e. The van der Waals surface area contributed by atoms with E-state index in [9.17, 15) is 4.79 Å². The van der Waals surface area contributed by atoms with E-state index in [0.29, 0.717) is 11.5 Å².